The van der Waals surface area contributed by atoms with Crippen LogP contribution in [0.4, 0.5) is 9.59 Å². The number of aryl methyl sites for hydroxylation is 4. The number of alkyl carbamates (subject to hydrolysis) is 2. The van der Waals surface area contributed by atoms with Gasteiger partial charge in [-0.1, -0.05) is 76.2 Å². The van der Waals surface area contributed by atoms with Crippen LogP contribution in [0.15, 0.2) is 72.8 Å². The second-order valence-corrected chi connectivity index (χ2v) is 20.1. The number of carbonyl (C=O) groups excluding carboxylic acids is 4. The summed E-state index contributed by atoms with van der Waals surface area (Å²) in [6.45, 7) is 7.65. The van der Waals surface area contributed by atoms with Crippen molar-refractivity contribution in [1.29, 1.82) is 0 Å². The molecule has 4 amide bonds. The van der Waals surface area contributed by atoms with Crippen molar-refractivity contribution in [3.63, 3.8) is 0 Å². The molecule has 4 bridgehead atoms. The van der Waals surface area contributed by atoms with E-state index in [9.17, 15) is 19.2 Å². The summed E-state index contributed by atoms with van der Waals surface area (Å²) in [6.07, 6.45) is 2.20. The molecule has 0 radical (unpaired) electrons. The summed E-state index contributed by atoms with van der Waals surface area (Å²) in [7, 11) is 2.60. The molecule has 4 heterocycles. The first kappa shape index (κ1) is 45.2. The third kappa shape index (κ3) is 9.09. The van der Waals surface area contributed by atoms with Crippen molar-refractivity contribution in [3.8, 4) is 22.3 Å². The minimum Gasteiger partial charge on any atom is -0.453 e. The number of hydrogen-bond acceptors (Lipinski definition) is 10. The quantitative estimate of drug-likeness (QED) is 0.104. The number of hydrogen-bond donors (Lipinski definition) is 4. The van der Waals surface area contributed by atoms with Crippen LogP contribution in [-0.2, 0) is 44.7 Å². The van der Waals surface area contributed by atoms with Gasteiger partial charge < -0.3 is 39.9 Å². The fourth-order valence-electron chi connectivity index (χ4n) is 9.33. The van der Waals surface area contributed by atoms with Crippen molar-refractivity contribution in [2.24, 2.45) is 11.8 Å². The zero-order chi connectivity index (χ0) is 46.2. The molecule has 2 saturated heterocycles. The lowest BCUT2D eigenvalue weighted by Gasteiger charge is -2.29. The maximum atomic E-state index is 13.8. The highest BCUT2D eigenvalue weighted by atomic mass is 32.2. The number of imidazole rings is 2. The number of nitrogens with zero attached hydrogens (tertiary/aromatic N) is 4. The number of amides is 4. The van der Waals surface area contributed by atoms with Crippen molar-refractivity contribution in [1.82, 2.24) is 40.4 Å². The van der Waals surface area contributed by atoms with Crippen LogP contribution in [0.5, 0.6) is 0 Å². The minimum atomic E-state index is -0.706. The molecule has 2 aromatic heterocycles. The highest BCUT2D eigenvalue weighted by molar-refractivity contribution is 7.99. The van der Waals surface area contributed by atoms with E-state index >= 15 is 0 Å². The van der Waals surface area contributed by atoms with E-state index in [1.54, 1.807) is 23.5 Å². The van der Waals surface area contributed by atoms with Gasteiger partial charge in [-0.05, 0) is 106 Å². The van der Waals surface area contributed by atoms with E-state index < -0.39 is 24.3 Å². The van der Waals surface area contributed by atoms with E-state index in [0.717, 1.165) is 70.5 Å². The van der Waals surface area contributed by atoms with E-state index in [4.69, 9.17) is 19.4 Å². The molecule has 14 nitrogen and oxygen atoms in total. The Morgan fingerprint density at radius 3 is 1.42 bits per heavy atom. The summed E-state index contributed by atoms with van der Waals surface area (Å²) in [5, 5.41) is 5.46. The lowest BCUT2D eigenvalue weighted by Crippen LogP contribution is -2.51. The van der Waals surface area contributed by atoms with E-state index in [1.807, 2.05) is 37.5 Å². The Morgan fingerprint density at radius 1 is 0.606 bits per heavy atom. The first-order chi connectivity index (χ1) is 31.9. The Bertz CT molecular complexity index is 2630. The van der Waals surface area contributed by atoms with Gasteiger partial charge in [0.2, 0.25) is 11.8 Å². The van der Waals surface area contributed by atoms with Gasteiger partial charge in [0.1, 0.15) is 23.7 Å². The summed E-state index contributed by atoms with van der Waals surface area (Å²) in [6, 6.07) is 24.7. The number of methoxy groups -OCH3 is 2. The maximum Gasteiger partial charge on any atom is 0.407 e. The maximum absolute atomic E-state index is 13.8. The number of nitrogens with one attached hydrogen (secondary N) is 4. The molecule has 6 aromatic rings. The Kier molecular flexibility index (Phi) is 13.1. The summed E-state index contributed by atoms with van der Waals surface area (Å²) < 4.78 is 9.62. The summed E-state index contributed by atoms with van der Waals surface area (Å²) >= 11 is 3.35. The molecule has 4 aromatic carbocycles. The fraction of sp³-hybridized carbons (Fsp3) is 0.400. The Labute approximate surface area is 392 Å². The standard InChI is InChI=1S/C50H56N8O6S2/c1-27(2)43(55-49(61)63-5)47(59)57-25-65-23-41(57)45-51-37-17-15-33(21-39(37)53-45)35-19-29-7-11-31(35)13-9-30-8-12-32(14-10-29)36(20-30)34-16-18-38-40(22-34)54-46(52-38)42-24-66-26-58(42)48(60)44(28(3)4)56-50(62)64-6/h7-8,11-12,15-22,27-28,41-44H,9-10,13-14,23-26H2,1-6H3,(H,51,53)(H,52,54)(H,55,61)(H,56,62). The van der Waals surface area contributed by atoms with E-state index in [2.05, 4.69) is 93.4 Å². The van der Waals surface area contributed by atoms with Gasteiger partial charge in [0, 0.05) is 11.5 Å². The molecule has 0 spiro atoms. The number of carbonyl (C=O) groups is 4. The number of aromatic nitrogens is 4. The first-order valence-corrected chi connectivity index (χ1v) is 24.9. The van der Waals surface area contributed by atoms with Crippen molar-refractivity contribution in [2.45, 2.75) is 77.5 Å². The van der Waals surface area contributed by atoms with Crippen molar-refractivity contribution in [2.75, 3.05) is 37.5 Å². The number of fused-ring (bicyclic) bond motifs is 2. The normalized spacial score (nSPS) is 18.2. The van der Waals surface area contributed by atoms with Crippen LogP contribution in [0.1, 0.15) is 73.7 Å². The molecule has 66 heavy (non-hydrogen) atoms. The number of aromatic amines is 2. The van der Waals surface area contributed by atoms with Gasteiger partial charge >= 0.3 is 12.2 Å². The number of rotatable bonds is 10. The molecule has 12 rings (SSSR count). The molecule has 6 aliphatic rings. The first-order valence-electron chi connectivity index (χ1n) is 22.6. The largest absolute Gasteiger partial charge is 0.453 e. The van der Waals surface area contributed by atoms with Gasteiger partial charge in [0.15, 0.2) is 0 Å². The van der Waals surface area contributed by atoms with Crippen molar-refractivity contribution < 1.29 is 28.7 Å². The average Bonchev–Trinajstić information content (AvgIpc) is 4.15. The topological polar surface area (TPSA) is 175 Å². The van der Waals surface area contributed by atoms with Gasteiger partial charge in [-0.15, -0.1) is 23.5 Å². The predicted molar refractivity (Wildman–Crippen MR) is 260 cm³/mol. The van der Waals surface area contributed by atoms with Crippen LogP contribution in [0, 0.1) is 11.8 Å². The van der Waals surface area contributed by atoms with Gasteiger partial charge in [-0.2, -0.15) is 0 Å². The lowest BCUT2D eigenvalue weighted by molar-refractivity contribution is -0.135. The van der Waals surface area contributed by atoms with E-state index in [1.165, 1.54) is 47.6 Å². The van der Waals surface area contributed by atoms with Gasteiger partial charge in [0.05, 0.1) is 60.1 Å². The third-order valence-corrected chi connectivity index (χ3v) is 15.1. The molecule has 16 heteroatoms. The summed E-state index contributed by atoms with van der Waals surface area (Å²) in [5.74, 6) is 3.38. The van der Waals surface area contributed by atoms with Crippen LogP contribution in [0.3, 0.4) is 0 Å². The molecule has 2 aliphatic heterocycles. The van der Waals surface area contributed by atoms with Crippen molar-refractivity contribution >= 4 is 69.6 Å². The van der Waals surface area contributed by atoms with Gasteiger partial charge in [0.25, 0.3) is 0 Å². The van der Waals surface area contributed by atoms with Crippen LogP contribution < -0.4 is 10.6 Å². The summed E-state index contributed by atoms with van der Waals surface area (Å²) in [4.78, 5) is 72.5. The SMILES string of the molecule is COC(=O)NC(C(=O)N1CSCC1c1nc2ccc(-c3cc4ccc3CCc3ccc(c(-c5ccc6nc(C7CSCN7C(=O)C(NC(=O)OC)C(C)C)[nH]c6c5)c3)CC4)cc2[nH]1)C(C)C. The number of thioether (sulfide) groups is 2. The molecule has 0 saturated carbocycles. The molecular formula is C50H56N8O6S2. The van der Waals surface area contributed by atoms with Crippen LogP contribution >= 0.6 is 23.5 Å². The number of H-pyrrole nitrogens is 2. The molecule has 2 fully saturated rings. The highest BCUT2D eigenvalue weighted by Gasteiger charge is 2.39. The molecule has 4 atom stereocenters. The Hall–Kier alpha value is -6.00. The smallest absolute Gasteiger partial charge is 0.407 e. The van der Waals surface area contributed by atoms with Crippen LogP contribution in [-0.4, -0.2) is 103 Å². The number of benzene rings is 4. The second-order valence-electron chi connectivity index (χ2n) is 18.1. The highest BCUT2D eigenvalue weighted by Crippen LogP contribution is 2.38. The zero-order valence-electron chi connectivity index (χ0n) is 38.1. The van der Waals surface area contributed by atoms with Gasteiger partial charge in [-0.25, -0.2) is 19.6 Å². The Morgan fingerprint density at radius 2 is 1.03 bits per heavy atom. The molecular weight excluding hydrogens is 873 g/mol. The molecule has 344 valence electrons. The van der Waals surface area contributed by atoms with Crippen LogP contribution in [0.25, 0.3) is 44.3 Å². The average molecular weight is 929 g/mol. The Balaban J connectivity index is 0.941. The molecule has 4 unspecified atom stereocenters. The predicted octanol–water partition coefficient (Wildman–Crippen LogP) is 8.57. The lowest BCUT2D eigenvalue weighted by atomic mass is 9.87. The number of ether oxygens (including phenoxy) is 2. The van der Waals surface area contributed by atoms with Crippen molar-refractivity contribution in [3.05, 3.63) is 107 Å². The minimum absolute atomic E-state index is 0.118. The second kappa shape index (κ2) is 19.1. The fourth-order valence-corrected chi connectivity index (χ4v) is 11.7. The van der Waals surface area contributed by atoms with Gasteiger partial charge in [-0.3, -0.25) is 9.59 Å². The monoisotopic (exact) mass is 928 g/mol. The van der Waals surface area contributed by atoms with E-state index in [0.29, 0.717) is 23.3 Å². The van der Waals surface area contributed by atoms with E-state index in [-0.39, 0.29) is 35.7 Å². The zero-order valence-corrected chi connectivity index (χ0v) is 39.7. The third-order valence-electron chi connectivity index (χ3n) is 13.1. The molecule has 4 N–H and O–H groups in total. The molecule has 4 aliphatic carbocycles. The summed E-state index contributed by atoms with van der Waals surface area (Å²) in [5.41, 5.74) is 13.2. The van der Waals surface area contributed by atoms with Crippen LogP contribution in [0.2, 0.25) is 0 Å².